The minimum atomic E-state index is -0.387. The van der Waals surface area contributed by atoms with Crippen LogP contribution >= 0.6 is 0 Å². The maximum atomic E-state index is 6.03. The van der Waals surface area contributed by atoms with E-state index in [0.29, 0.717) is 24.0 Å². The van der Waals surface area contributed by atoms with Crippen molar-refractivity contribution in [2.75, 3.05) is 0 Å². The van der Waals surface area contributed by atoms with Gasteiger partial charge in [-0.25, -0.2) is 0 Å². The first-order chi connectivity index (χ1) is 6.83. The van der Waals surface area contributed by atoms with Crippen LogP contribution in [0.25, 0.3) is 0 Å². The molecule has 0 radical (unpaired) electrons. The third-order valence-electron chi connectivity index (χ3n) is 4.69. The molecule has 6 unspecified atom stereocenters. The normalized spacial score (nSPS) is 54.0. The molecule has 15 heavy (non-hydrogen) atoms. The van der Waals surface area contributed by atoms with Gasteiger partial charge in [-0.1, -0.05) is 27.7 Å². The second-order valence-corrected chi connectivity index (χ2v) is 6.00. The van der Waals surface area contributed by atoms with Crippen molar-refractivity contribution in [1.29, 1.82) is 0 Å². The Hall–Kier alpha value is -0.0800. The van der Waals surface area contributed by atoms with E-state index in [-0.39, 0.29) is 5.79 Å². The Morgan fingerprint density at radius 2 is 1.00 bits per heavy atom. The van der Waals surface area contributed by atoms with Crippen LogP contribution in [0.3, 0.4) is 0 Å². The van der Waals surface area contributed by atoms with Gasteiger partial charge in [0.15, 0.2) is 5.79 Å². The van der Waals surface area contributed by atoms with E-state index in [9.17, 15) is 0 Å². The SMILES string of the molecule is CC1C(C)C(C)C2OC(C)(C)OC2C1C. The van der Waals surface area contributed by atoms with Crippen molar-refractivity contribution in [2.24, 2.45) is 23.7 Å². The summed E-state index contributed by atoms with van der Waals surface area (Å²) in [4.78, 5) is 0. The fourth-order valence-corrected chi connectivity index (χ4v) is 3.19. The van der Waals surface area contributed by atoms with E-state index >= 15 is 0 Å². The summed E-state index contributed by atoms with van der Waals surface area (Å²) in [6.07, 6.45) is 0.586. The van der Waals surface area contributed by atoms with Gasteiger partial charge in [-0.05, 0) is 37.5 Å². The highest BCUT2D eigenvalue weighted by Gasteiger charge is 2.52. The maximum Gasteiger partial charge on any atom is 0.163 e. The molecule has 0 aromatic carbocycles. The van der Waals surface area contributed by atoms with Crippen molar-refractivity contribution in [3.8, 4) is 0 Å². The number of ether oxygens (including phenoxy) is 2. The van der Waals surface area contributed by atoms with E-state index in [0.717, 1.165) is 11.8 Å². The first-order valence-corrected chi connectivity index (χ1v) is 6.19. The topological polar surface area (TPSA) is 18.5 Å². The maximum absolute atomic E-state index is 6.03. The van der Waals surface area contributed by atoms with Crippen molar-refractivity contribution in [3.63, 3.8) is 0 Å². The third-order valence-corrected chi connectivity index (χ3v) is 4.69. The fourth-order valence-electron chi connectivity index (χ4n) is 3.19. The van der Waals surface area contributed by atoms with E-state index < -0.39 is 0 Å². The Morgan fingerprint density at radius 3 is 1.33 bits per heavy atom. The minimum absolute atomic E-state index is 0.293. The number of fused-ring (bicyclic) bond motifs is 1. The second-order valence-electron chi connectivity index (χ2n) is 6.00. The molecule has 2 heteroatoms. The first kappa shape index (κ1) is 11.4. The van der Waals surface area contributed by atoms with Crippen molar-refractivity contribution in [1.82, 2.24) is 0 Å². The second kappa shape index (κ2) is 3.46. The van der Waals surface area contributed by atoms with Gasteiger partial charge in [-0.2, -0.15) is 0 Å². The van der Waals surface area contributed by atoms with Gasteiger partial charge in [0, 0.05) is 0 Å². The molecule has 0 aromatic heterocycles. The van der Waals surface area contributed by atoms with E-state index in [4.69, 9.17) is 9.47 Å². The summed E-state index contributed by atoms with van der Waals surface area (Å²) in [5.41, 5.74) is 0. The zero-order valence-electron chi connectivity index (χ0n) is 10.8. The summed E-state index contributed by atoms with van der Waals surface area (Å²) in [5.74, 6) is 2.25. The molecule has 1 aliphatic heterocycles. The highest BCUT2D eigenvalue weighted by Crippen LogP contribution is 2.47. The lowest BCUT2D eigenvalue weighted by Gasteiger charge is -2.43. The van der Waals surface area contributed by atoms with E-state index in [1.807, 2.05) is 13.8 Å². The van der Waals surface area contributed by atoms with Crippen molar-refractivity contribution < 1.29 is 9.47 Å². The largest absolute Gasteiger partial charge is 0.344 e. The molecule has 2 nitrogen and oxygen atoms in total. The fraction of sp³-hybridized carbons (Fsp3) is 1.00. The van der Waals surface area contributed by atoms with Gasteiger partial charge in [0.25, 0.3) is 0 Å². The summed E-state index contributed by atoms with van der Waals surface area (Å²) in [7, 11) is 0. The Morgan fingerprint density at radius 1 is 0.667 bits per heavy atom. The van der Waals surface area contributed by atoms with Crippen LogP contribution in [-0.4, -0.2) is 18.0 Å². The highest BCUT2D eigenvalue weighted by atomic mass is 16.8. The lowest BCUT2D eigenvalue weighted by Crippen LogP contribution is -2.47. The zero-order valence-corrected chi connectivity index (χ0v) is 10.8. The van der Waals surface area contributed by atoms with Gasteiger partial charge in [0.1, 0.15) is 0 Å². The van der Waals surface area contributed by atoms with E-state index in [1.165, 1.54) is 0 Å². The van der Waals surface area contributed by atoms with Gasteiger partial charge >= 0.3 is 0 Å². The predicted octanol–water partition coefficient (Wildman–Crippen LogP) is 3.06. The van der Waals surface area contributed by atoms with Gasteiger partial charge in [0.2, 0.25) is 0 Å². The lowest BCUT2D eigenvalue weighted by atomic mass is 9.66. The lowest BCUT2D eigenvalue weighted by molar-refractivity contribution is -0.151. The molecule has 0 aromatic rings. The highest BCUT2D eigenvalue weighted by molar-refractivity contribution is 4.97. The minimum Gasteiger partial charge on any atom is -0.344 e. The Balaban J connectivity index is 2.23. The van der Waals surface area contributed by atoms with Gasteiger partial charge in [0.05, 0.1) is 12.2 Å². The Bertz CT molecular complexity index is 225. The van der Waals surface area contributed by atoms with Crippen LogP contribution in [0.15, 0.2) is 0 Å². The van der Waals surface area contributed by atoms with Crippen LogP contribution in [0.1, 0.15) is 41.5 Å². The molecular formula is C13H24O2. The molecule has 2 fully saturated rings. The molecule has 0 spiro atoms. The predicted molar refractivity (Wildman–Crippen MR) is 60.5 cm³/mol. The van der Waals surface area contributed by atoms with Crippen molar-refractivity contribution in [2.45, 2.75) is 59.5 Å². The van der Waals surface area contributed by atoms with E-state index in [2.05, 4.69) is 27.7 Å². The summed E-state index contributed by atoms with van der Waals surface area (Å²) in [6, 6.07) is 0. The molecule has 1 heterocycles. The number of rotatable bonds is 0. The number of hydrogen-bond donors (Lipinski definition) is 0. The molecule has 2 rings (SSSR count). The number of hydrogen-bond acceptors (Lipinski definition) is 2. The smallest absolute Gasteiger partial charge is 0.163 e. The van der Waals surface area contributed by atoms with Gasteiger partial charge in [-0.3, -0.25) is 0 Å². The van der Waals surface area contributed by atoms with Crippen LogP contribution in [0.4, 0.5) is 0 Å². The quantitative estimate of drug-likeness (QED) is 0.614. The molecule has 1 saturated heterocycles. The van der Waals surface area contributed by atoms with Crippen molar-refractivity contribution in [3.05, 3.63) is 0 Å². The van der Waals surface area contributed by atoms with Gasteiger partial charge < -0.3 is 9.47 Å². The molecule has 88 valence electrons. The summed E-state index contributed by atoms with van der Waals surface area (Å²) < 4.78 is 12.1. The molecule has 1 saturated carbocycles. The molecule has 0 amide bonds. The zero-order chi connectivity index (χ0) is 11.4. The Labute approximate surface area is 93.3 Å². The summed E-state index contributed by atoms with van der Waals surface area (Å²) >= 11 is 0. The van der Waals surface area contributed by atoms with E-state index in [1.54, 1.807) is 0 Å². The van der Waals surface area contributed by atoms with Gasteiger partial charge in [-0.15, -0.1) is 0 Å². The van der Waals surface area contributed by atoms with Crippen LogP contribution in [0.5, 0.6) is 0 Å². The molecule has 1 aliphatic carbocycles. The molecule has 6 atom stereocenters. The summed E-state index contributed by atoms with van der Waals surface area (Å²) in [6.45, 7) is 13.3. The first-order valence-electron chi connectivity index (χ1n) is 6.19. The molecule has 0 bridgehead atoms. The third kappa shape index (κ3) is 1.72. The molecule has 2 aliphatic rings. The summed E-state index contributed by atoms with van der Waals surface area (Å²) in [5, 5.41) is 0. The average molecular weight is 212 g/mol. The van der Waals surface area contributed by atoms with Crippen LogP contribution in [0, 0.1) is 23.7 Å². The molecule has 0 N–H and O–H groups in total. The van der Waals surface area contributed by atoms with Crippen molar-refractivity contribution >= 4 is 0 Å². The Kier molecular flexibility index (Phi) is 2.63. The van der Waals surface area contributed by atoms with Crippen LogP contribution < -0.4 is 0 Å². The van der Waals surface area contributed by atoms with Crippen LogP contribution in [0.2, 0.25) is 0 Å². The standard InChI is InChI=1S/C13H24O2/c1-7-8(2)10(4)12-11(9(7)3)14-13(5,6)15-12/h7-12H,1-6H3. The molecular weight excluding hydrogens is 188 g/mol. The average Bonchev–Trinajstić information content (AvgIpc) is 2.48. The van der Waals surface area contributed by atoms with Crippen LogP contribution in [-0.2, 0) is 9.47 Å². The monoisotopic (exact) mass is 212 g/mol.